The monoisotopic (exact) mass is 407 g/mol. The first-order valence-corrected chi connectivity index (χ1v) is 8.44. The highest BCUT2D eigenvalue weighted by molar-refractivity contribution is 9.11. The van der Waals surface area contributed by atoms with E-state index < -0.39 is 0 Å². The van der Waals surface area contributed by atoms with Gasteiger partial charge in [0.2, 0.25) is 0 Å². The van der Waals surface area contributed by atoms with Crippen molar-refractivity contribution in [3.8, 4) is 0 Å². The van der Waals surface area contributed by atoms with Crippen molar-refractivity contribution in [2.75, 3.05) is 6.54 Å². The normalized spacial score (nSPS) is 12.7. The van der Waals surface area contributed by atoms with Crippen LogP contribution in [0.4, 0.5) is 0 Å². The van der Waals surface area contributed by atoms with Crippen LogP contribution in [-0.4, -0.2) is 6.54 Å². The van der Waals surface area contributed by atoms with E-state index in [2.05, 4.69) is 68.4 Å². The zero-order chi connectivity index (χ0) is 14.8. The summed E-state index contributed by atoms with van der Waals surface area (Å²) in [7, 11) is 0. The van der Waals surface area contributed by atoms with Crippen molar-refractivity contribution in [1.29, 1.82) is 0 Å². The fraction of sp³-hybridized carbons (Fsp3) is 0.176. The molecule has 1 aromatic heterocycles. The number of nitrogens with one attached hydrogen (secondary N) is 1. The number of furan rings is 1. The quantitative estimate of drug-likeness (QED) is 0.602. The molecule has 3 rings (SSSR count). The van der Waals surface area contributed by atoms with Crippen LogP contribution in [0.3, 0.4) is 0 Å². The Balaban J connectivity index is 2.08. The lowest BCUT2D eigenvalue weighted by atomic mass is 10.0. The summed E-state index contributed by atoms with van der Waals surface area (Å²) in [4.78, 5) is 0. The van der Waals surface area contributed by atoms with Gasteiger partial charge in [-0.1, -0.05) is 57.0 Å². The zero-order valence-electron chi connectivity index (χ0n) is 11.6. The van der Waals surface area contributed by atoms with E-state index in [4.69, 9.17) is 4.42 Å². The Morgan fingerprint density at radius 2 is 1.76 bits per heavy atom. The Hall–Kier alpha value is -1.10. The van der Waals surface area contributed by atoms with Gasteiger partial charge >= 0.3 is 0 Å². The lowest BCUT2D eigenvalue weighted by molar-refractivity contribution is 0.477. The first-order valence-electron chi connectivity index (χ1n) is 6.85. The van der Waals surface area contributed by atoms with Crippen molar-refractivity contribution in [2.24, 2.45) is 0 Å². The average Bonchev–Trinajstić information content (AvgIpc) is 2.87. The smallest absolute Gasteiger partial charge is 0.134 e. The van der Waals surface area contributed by atoms with Crippen molar-refractivity contribution in [2.45, 2.75) is 13.0 Å². The summed E-state index contributed by atoms with van der Waals surface area (Å²) in [5, 5.41) is 4.62. The van der Waals surface area contributed by atoms with Crippen LogP contribution >= 0.6 is 31.9 Å². The van der Waals surface area contributed by atoms with Crippen LogP contribution in [0.15, 0.2) is 61.9 Å². The second-order valence-corrected chi connectivity index (χ2v) is 6.71. The van der Waals surface area contributed by atoms with E-state index in [0.717, 1.165) is 37.8 Å². The third-order valence-electron chi connectivity index (χ3n) is 3.36. The number of hydrogen-bond donors (Lipinski definition) is 1. The predicted octanol–water partition coefficient (Wildman–Crippen LogP) is 5.66. The first-order chi connectivity index (χ1) is 10.2. The fourth-order valence-corrected chi connectivity index (χ4v) is 3.80. The molecule has 1 heterocycles. The molecule has 2 aromatic carbocycles. The molecule has 2 nitrogen and oxygen atoms in total. The second kappa shape index (κ2) is 6.34. The number of fused-ring (bicyclic) bond motifs is 1. The summed E-state index contributed by atoms with van der Waals surface area (Å²) in [5.74, 6) is 0.933. The molecular weight excluding hydrogens is 394 g/mol. The van der Waals surface area contributed by atoms with Gasteiger partial charge in [0.1, 0.15) is 11.3 Å². The molecule has 3 aromatic rings. The van der Waals surface area contributed by atoms with E-state index in [9.17, 15) is 0 Å². The minimum Gasteiger partial charge on any atom is -0.459 e. The maximum Gasteiger partial charge on any atom is 0.134 e. The van der Waals surface area contributed by atoms with E-state index in [1.165, 1.54) is 0 Å². The number of rotatable bonds is 4. The van der Waals surface area contributed by atoms with Crippen LogP contribution in [0.1, 0.15) is 24.3 Å². The maximum atomic E-state index is 6.02. The Labute approximate surface area is 140 Å². The van der Waals surface area contributed by atoms with Gasteiger partial charge in [-0.25, -0.2) is 0 Å². The molecule has 0 saturated carbocycles. The first kappa shape index (κ1) is 14.8. The molecular formula is C17H15Br2NO. The molecule has 0 aliphatic heterocycles. The highest BCUT2D eigenvalue weighted by atomic mass is 79.9. The van der Waals surface area contributed by atoms with Crippen molar-refractivity contribution < 1.29 is 4.42 Å². The molecule has 1 N–H and O–H groups in total. The molecule has 0 amide bonds. The van der Waals surface area contributed by atoms with E-state index in [0.29, 0.717) is 0 Å². The van der Waals surface area contributed by atoms with E-state index in [1.54, 1.807) is 0 Å². The zero-order valence-corrected chi connectivity index (χ0v) is 14.7. The summed E-state index contributed by atoms with van der Waals surface area (Å²) >= 11 is 7.10. The fourth-order valence-electron chi connectivity index (χ4n) is 2.47. The molecule has 1 unspecified atom stereocenters. The van der Waals surface area contributed by atoms with Crippen molar-refractivity contribution >= 4 is 42.8 Å². The Kier molecular flexibility index (Phi) is 4.48. The minimum absolute atomic E-state index is 0.0381. The summed E-state index contributed by atoms with van der Waals surface area (Å²) in [6, 6.07) is 16.5. The van der Waals surface area contributed by atoms with Gasteiger partial charge in [-0.2, -0.15) is 0 Å². The highest BCUT2D eigenvalue weighted by Crippen LogP contribution is 2.31. The van der Waals surface area contributed by atoms with Gasteiger partial charge in [0.25, 0.3) is 0 Å². The van der Waals surface area contributed by atoms with Crippen molar-refractivity contribution in [3.63, 3.8) is 0 Å². The van der Waals surface area contributed by atoms with Gasteiger partial charge in [0.05, 0.1) is 6.04 Å². The number of hydrogen-bond acceptors (Lipinski definition) is 2. The Morgan fingerprint density at radius 1 is 1.05 bits per heavy atom. The van der Waals surface area contributed by atoms with Crippen molar-refractivity contribution in [1.82, 2.24) is 5.32 Å². The average molecular weight is 409 g/mol. The highest BCUT2D eigenvalue weighted by Gasteiger charge is 2.18. The molecule has 0 fully saturated rings. The number of para-hydroxylation sites is 1. The van der Waals surface area contributed by atoms with E-state index in [-0.39, 0.29) is 6.04 Å². The molecule has 0 spiro atoms. The molecule has 0 aliphatic rings. The van der Waals surface area contributed by atoms with Gasteiger partial charge in [0.15, 0.2) is 0 Å². The molecule has 0 aliphatic carbocycles. The predicted molar refractivity (Wildman–Crippen MR) is 93.6 cm³/mol. The van der Waals surface area contributed by atoms with Gasteiger partial charge < -0.3 is 9.73 Å². The Morgan fingerprint density at radius 3 is 2.43 bits per heavy atom. The molecule has 0 radical (unpaired) electrons. The molecule has 21 heavy (non-hydrogen) atoms. The van der Waals surface area contributed by atoms with Crippen LogP contribution < -0.4 is 5.32 Å². The SMILES string of the molecule is CCNC(c1cc(Br)cc(Br)c1)c1cc2ccccc2o1. The third kappa shape index (κ3) is 3.23. The standard InChI is InChI=1S/C17H15Br2NO/c1-2-20-17(12-7-13(18)10-14(19)8-12)16-9-11-5-3-4-6-15(11)21-16/h3-10,17,20H,2H2,1H3. The second-order valence-electron chi connectivity index (χ2n) is 4.88. The summed E-state index contributed by atoms with van der Waals surface area (Å²) in [5.41, 5.74) is 2.08. The van der Waals surface area contributed by atoms with Gasteiger partial charge in [0, 0.05) is 14.3 Å². The van der Waals surface area contributed by atoms with E-state index in [1.807, 2.05) is 24.3 Å². The van der Waals surface area contributed by atoms with Gasteiger partial charge in [-0.3, -0.25) is 0 Å². The lowest BCUT2D eigenvalue weighted by Gasteiger charge is -2.16. The third-order valence-corrected chi connectivity index (χ3v) is 4.27. The molecule has 108 valence electrons. The molecule has 4 heteroatoms. The number of benzene rings is 2. The summed E-state index contributed by atoms with van der Waals surface area (Å²) in [6.07, 6.45) is 0. The summed E-state index contributed by atoms with van der Waals surface area (Å²) in [6.45, 7) is 2.97. The van der Waals surface area contributed by atoms with Crippen LogP contribution in [0.5, 0.6) is 0 Å². The van der Waals surface area contributed by atoms with Crippen LogP contribution in [0.2, 0.25) is 0 Å². The largest absolute Gasteiger partial charge is 0.459 e. The molecule has 0 saturated heterocycles. The maximum absolute atomic E-state index is 6.02. The van der Waals surface area contributed by atoms with Crippen LogP contribution in [0.25, 0.3) is 11.0 Å². The molecule has 0 bridgehead atoms. The van der Waals surface area contributed by atoms with Crippen LogP contribution in [0, 0.1) is 0 Å². The minimum atomic E-state index is 0.0381. The van der Waals surface area contributed by atoms with E-state index >= 15 is 0 Å². The topological polar surface area (TPSA) is 25.2 Å². The number of halogens is 2. The van der Waals surface area contributed by atoms with Crippen molar-refractivity contribution in [3.05, 3.63) is 68.8 Å². The summed E-state index contributed by atoms with van der Waals surface area (Å²) < 4.78 is 8.12. The molecule has 1 atom stereocenters. The van der Waals surface area contributed by atoms with Gasteiger partial charge in [-0.15, -0.1) is 0 Å². The Bertz CT molecular complexity index is 713. The lowest BCUT2D eigenvalue weighted by Crippen LogP contribution is -2.21. The van der Waals surface area contributed by atoms with Gasteiger partial charge in [-0.05, 0) is 42.4 Å². The van der Waals surface area contributed by atoms with Crippen LogP contribution in [-0.2, 0) is 0 Å².